The van der Waals surface area contributed by atoms with Crippen molar-refractivity contribution in [2.75, 3.05) is 0 Å². The van der Waals surface area contributed by atoms with E-state index in [4.69, 9.17) is 0 Å². The number of aryl methyl sites for hydroxylation is 2. The zero-order valence-electron chi connectivity index (χ0n) is 14.5. The third-order valence-electron chi connectivity index (χ3n) is 4.19. The summed E-state index contributed by atoms with van der Waals surface area (Å²) in [7, 11) is 0. The van der Waals surface area contributed by atoms with Crippen molar-refractivity contribution in [1.82, 2.24) is 14.5 Å². The molecule has 3 aromatic rings. The lowest BCUT2D eigenvalue weighted by Crippen LogP contribution is -2.01. The van der Waals surface area contributed by atoms with E-state index in [1.807, 2.05) is 12.3 Å². The van der Waals surface area contributed by atoms with Crippen LogP contribution in [0.3, 0.4) is 0 Å². The maximum atomic E-state index is 9.35. The third kappa shape index (κ3) is 3.09. The molecule has 25 heavy (non-hydrogen) atoms. The molecule has 1 aromatic carbocycles. The summed E-state index contributed by atoms with van der Waals surface area (Å²) in [6, 6.07) is 10.6. The van der Waals surface area contributed by atoms with E-state index in [0.29, 0.717) is 5.57 Å². The fourth-order valence-electron chi connectivity index (χ4n) is 3.01. The van der Waals surface area contributed by atoms with Crippen LogP contribution < -0.4 is 0 Å². The van der Waals surface area contributed by atoms with E-state index >= 15 is 0 Å². The van der Waals surface area contributed by atoms with Crippen molar-refractivity contribution in [3.8, 4) is 17.2 Å². The first kappa shape index (κ1) is 16.7. The summed E-state index contributed by atoms with van der Waals surface area (Å²) >= 11 is 0. The normalized spacial score (nSPS) is 11.5. The van der Waals surface area contributed by atoms with Crippen LogP contribution in [-0.2, 0) is 6.54 Å². The molecule has 0 radical (unpaired) electrons. The van der Waals surface area contributed by atoms with Crippen molar-refractivity contribution in [1.29, 1.82) is 5.26 Å². The van der Waals surface area contributed by atoms with Crippen LogP contribution in [0.2, 0.25) is 0 Å². The molecule has 4 heteroatoms. The van der Waals surface area contributed by atoms with Crippen molar-refractivity contribution in [3.05, 3.63) is 66.3 Å². The average Bonchev–Trinajstić information content (AvgIpc) is 2.94. The van der Waals surface area contributed by atoms with Gasteiger partial charge in [-0.05, 0) is 25.0 Å². The Hall–Kier alpha value is -3.19. The van der Waals surface area contributed by atoms with E-state index in [1.165, 1.54) is 5.56 Å². The second-order valence-corrected chi connectivity index (χ2v) is 5.95. The molecule has 4 nitrogen and oxygen atoms in total. The van der Waals surface area contributed by atoms with Crippen LogP contribution in [0.4, 0.5) is 0 Å². The van der Waals surface area contributed by atoms with Crippen LogP contribution >= 0.6 is 0 Å². The van der Waals surface area contributed by atoms with Gasteiger partial charge in [0.2, 0.25) is 0 Å². The fraction of sp³-hybridized carbons (Fsp3) is 0.190. The van der Waals surface area contributed by atoms with E-state index in [1.54, 1.807) is 12.4 Å². The molecule has 0 atom stereocenters. The van der Waals surface area contributed by atoms with Crippen molar-refractivity contribution >= 4 is 17.1 Å². The maximum absolute atomic E-state index is 9.35. The van der Waals surface area contributed by atoms with E-state index < -0.39 is 0 Å². The molecule has 2 aromatic heterocycles. The number of rotatable bonds is 5. The van der Waals surface area contributed by atoms with Gasteiger partial charge in [0, 0.05) is 23.7 Å². The van der Waals surface area contributed by atoms with Gasteiger partial charge in [0.25, 0.3) is 0 Å². The average molecular weight is 328 g/mol. The highest BCUT2D eigenvalue weighted by Crippen LogP contribution is 2.35. The zero-order valence-corrected chi connectivity index (χ0v) is 14.5. The Labute approximate surface area is 147 Å². The fourth-order valence-corrected chi connectivity index (χ4v) is 3.01. The Morgan fingerprint density at radius 1 is 1.32 bits per heavy atom. The van der Waals surface area contributed by atoms with Gasteiger partial charge in [-0.3, -0.25) is 0 Å². The van der Waals surface area contributed by atoms with E-state index in [-0.39, 0.29) is 0 Å². The number of nitrogens with zero attached hydrogens (tertiary/aromatic N) is 4. The number of allylic oxidation sites excluding steroid dienone is 2. The molecule has 0 spiro atoms. The number of fused-ring (bicyclic) bond motifs is 1. The molecular formula is C21H20N4. The van der Waals surface area contributed by atoms with E-state index in [2.05, 4.69) is 65.3 Å². The third-order valence-corrected chi connectivity index (χ3v) is 4.19. The summed E-state index contributed by atoms with van der Waals surface area (Å²) in [5.74, 6) is 0. The van der Waals surface area contributed by atoms with Gasteiger partial charge in [0.15, 0.2) is 0 Å². The molecule has 2 heterocycles. The van der Waals surface area contributed by atoms with Gasteiger partial charge in [-0.1, -0.05) is 49.4 Å². The van der Waals surface area contributed by atoms with Crippen LogP contribution in [0.15, 0.2) is 55.0 Å². The van der Waals surface area contributed by atoms with Crippen LogP contribution in [0, 0.1) is 18.3 Å². The lowest BCUT2D eigenvalue weighted by molar-refractivity contribution is 0.692. The van der Waals surface area contributed by atoms with Crippen LogP contribution in [0.1, 0.15) is 24.6 Å². The summed E-state index contributed by atoms with van der Waals surface area (Å²) in [6.45, 7) is 8.76. The highest BCUT2D eigenvalue weighted by molar-refractivity contribution is 5.99. The smallest absolute Gasteiger partial charge is 0.144 e. The molecule has 124 valence electrons. The molecule has 0 aliphatic heterocycles. The minimum Gasteiger partial charge on any atom is -0.325 e. The number of aromatic nitrogens is 3. The molecule has 0 unspecified atom stereocenters. The minimum absolute atomic E-state index is 0.529. The van der Waals surface area contributed by atoms with E-state index in [0.717, 1.165) is 40.8 Å². The lowest BCUT2D eigenvalue weighted by atomic mass is 10.0. The number of hydrogen-bond acceptors (Lipinski definition) is 3. The van der Waals surface area contributed by atoms with Gasteiger partial charge in [-0.15, -0.1) is 0 Å². The van der Waals surface area contributed by atoms with Crippen molar-refractivity contribution < 1.29 is 0 Å². The monoisotopic (exact) mass is 328 g/mol. The van der Waals surface area contributed by atoms with Gasteiger partial charge in [0.1, 0.15) is 12.0 Å². The van der Waals surface area contributed by atoms with Crippen LogP contribution in [-0.4, -0.2) is 14.5 Å². The quantitative estimate of drug-likeness (QED) is 0.494. The van der Waals surface area contributed by atoms with E-state index in [9.17, 15) is 5.26 Å². The Morgan fingerprint density at radius 3 is 2.72 bits per heavy atom. The molecule has 0 saturated heterocycles. The number of nitriles is 1. The Bertz CT molecular complexity index is 985. The van der Waals surface area contributed by atoms with Gasteiger partial charge in [-0.25, -0.2) is 9.97 Å². The SMILES string of the molecule is C=C/C(C#N)=C/c1c(-c2ccc(C)cc2)c2cncnc2n1CCC. The largest absolute Gasteiger partial charge is 0.325 e. The molecule has 0 bridgehead atoms. The first-order valence-corrected chi connectivity index (χ1v) is 8.33. The molecule has 3 rings (SSSR count). The summed E-state index contributed by atoms with van der Waals surface area (Å²) in [5.41, 5.74) is 5.74. The maximum Gasteiger partial charge on any atom is 0.144 e. The summed E-state index contributed by atoms with van der Waals surface area (Å²) in [4.78, 5) is 8.72. The molecule has 0 amide bonds. The minimum atomic E-state index is 0.529. The van der Waals surface area contributed by atoms with Gasteiger partial charge >= 0.3 is 0 Å². The lowest BCUT2D eigenvalue weighted by Gasteiger charge is -2.08. The topological polar surface area (TPSA) is 54.5 Å². The van der Waals surface area contributed by atoms with Crippen LogP contribution in [0.5, 0.6) is 0 Å². The number of benzene rings is 1. The summed E-state index contributed by atoms with van der Waals surface area (Å²) < 4.78 is 2.16. The molecule has 0 saturated carbocycles. The molecule has 0 aliphatic carbocycles. The zero-order chi connectivity index (χ0) is 17.8. The molecular weight excluding hydrogens is 308 g/mol. The second-order valence-electron chi connectivity index (χ2n) is 5.95. The van der Waals surface area contributed by atoms with Crippen molar-refractivity contribution in [2.45, 2.75) is 26.8 Å². The highest BCUT2D eigenvalue weighted by Gasteiger charge is 2.18. The van der Waals surface area contributed by atoms with Crippen molar-refractivity contribution in [3.63, 3.8) is 0 Å². The molecule has 0 N–H and O–H groups in total. The predicted molar refractivity (Wildman–Crippen MR) is 102 cm³/mol. The van der Waals surface area contributed by atoms with Gasteiger partial charge < -0.3 is 4.57 Å². The number of hydrogen-bond donors (Lipinski definition) is 0. The standard InChI is InChI=1S/C21H20N4/c1-4-10-25-19(11-16(5-2)12-22)20(17-8-6-15(3)7-9-17)18-13-23-14-24-21(18)25/h5-9,11,13-14H,2,4,10H2,1,3H3/b16-11-. The molecule has 0 aliphatic rings. The Kier molecular flexibility index (Phi) is 4.76. The first-order chi connectivity index (χ1) is 12.2. The first-order valence-electron chi connectivity index (χ1n) is 8.33. The van der Waals surface area contributed by atoms with Crippen molar-refractivity contribution in [2.24, 2.45) is 0 Å². The van der Waals surface area contributed by atoms with Crippen LogP contribution in [0.25, 0.3) is 28.2 Å². The highest BCUT2D eigenvalue weighted by atomic mass is 15.1. The molecule has 0 fully saturated rings. The summed E-state index contributed by atoms with van der Waals surface area (Å²) in [5, 5.41) is 10.3. The second kappa shape index (κ2) is 7.14. The van der Waals surface area contributed by atoms with Gasteiger partial charge in [0.05, 0.1) is 17.3 Å². The van der Waals surface area contributed by atoms with Gasteiger partial charge in [-0.2, -0.15) is 5.26 Å². The Morgan fingerprint density at radius 2 is 2.08 bits per heavy atom. The predicted octanol–water partition coefficient (Wildman–Crippen LogP) is 4.91. The Balaban J connectivity index is 2.40. The summed E-state index contributed by atoms with van der Waals surface area (Å²) in [6.07, 6.45) is 7.86.